The van der Waals surface area contributed by atoms with Crippen molar-refractivity contribution in [2.45, 2.75) is 52.0 Å². The van der Waals surface area contributed by atoms with E-state index in [9.17, 15) is 4.79 Å². The van der Waals surface area contributed by atoms with Crippen LogP contribution in [0.15, 0.2) is 12.1 Å². The molecule has 5 heteroatoms. The number of hydrogen-bond donors (Lipinski definition) is 1. The molecular formula is C15H24N4O. The van der Waals surface area contributed by atoms with Crippen molar-refractivity contribution in [2.24, 2.45) is 0 Å². The number of likely N-dealkylation sites (tertiary alicyclic amines) is 1. The summed E-state index contributed by atoms with van der Waals surface area (Å²) in [6, 6.07) is 3.96. The number of nitrogens with one attached hydrogen (secondary N) is 1. The topological polar surface area (TPSA) is 58.1 Å². The standard InChI is InChI=1S/C15H24N4O/c1-3-10-16-14-9-8-13(17-18-14)15(20)19-11-6-5-7-12(19)4-2/h8-9,12H,3-7,10-11H2,1-2H3,(H,16,18). The molecule has 1 atom stereocenters. The number of anilines is 1. The molecule has 1 aromatic rings. The fourth-order valence-corrected chi connectivity index (χ4v) is 2.63. The molecule has 0 aromatic carbocycles. The average Bonchev–Trinajstić information content (AvgIpc) is 2.52. The Morgan fingerprint density at radius 1 is 1.35 bits per heavy atom. The minimum atomic E-state index is 0.0195. The summed E-state index contributed by atoms with van der Waals surface area (Å²) < 4.78 is 0. The van der Waals surface area contributed by atoms with Gasteiger partial charge in [0.2, 0.25) is 0 Å². The number of carbonyl (C=O) groups is 1. The molecule has 0 radical (unpaired) electrons. The zero-order valence-corrected chi connectivity index (χ0v) is 12.4. The number of aromatic nitrogens is 2. The van der Waals surface area contributed by atoms with Crippen LogP contribution in [-0.2, 0) is 0 Å². The van der Waals surface area contributed by atoms with Gasteiger partial charge in [-0.05, 0) is 44.2 Å². The summed E-state index contributed by atoms with van der Waals surface area (Å²) in [6.45, 7) is 5.94. The summed E-state index contributed by atoms with van der Waals surface area (Å²) in [6.07, 6.45) is 5.45. The molecule has 1 N–H and O–H groups in total. The Kier molecular flexibility index (Phi) is 5.32. The van der Waals surface area contributed by atoms with Gasteiger partial charge in [0.25, 0.3) is 5.91 Å². The molecule has 1 saturated heterocycles. The van der Waals surface area contributed by atoms with E-state index in [1.165, 1.54) is 6.42 Å². The van der Waals surface area contributed by atoms with Crippen LogP contribution in [0.4, 0.5) is 5.82 Å². The first-order valence-corrected chi connectivity index (χ1v) is 7.64. The van der Waals surface area contributed by atoms with Crippen LogP contribution in [0.5, 0.6) is 0 Å². The van der Waals surface area contributed by atoms with Gasteiger partial charge < -0.3 is 10.2 Å². The van der Waals surface area contributed by atoms with E-state index in [1.807, 2.05) is 11.0 Å². The first-order valence-electron chi connectivity index (χ1n) is 7.64. The highest BCUT2D eigenvalue weighted by Crippen LogP contribution is 2.21. The van der Waals surface area contributed by atoms with Gasteiger partial charge in [-0.2, -0.15) is 0 Å². The molecule has 1 aromatic heterocycles. The molecule has 110 valence electrons. The van der Waals surface area contributed by atoms with Crippen molar-refractivity contribution in [3.8, 4) is 0 Å². The van der Waals surface area contributed by atoms with Gasteiger partial charge in [-0.3, -0.25) is 4.79 Å². The van der Waals surface area contributed by atoms with E-state index in [0.29, 0.717) is 11.7 Å². The molecule has 2 heterocycles. The lowest BCUT2D eigenvalue weighted by molar-refractivity contribution is 0.0601. The van der Waals surface area contributed by atoms with Crippen molar-refractivity contribution < 1.29 is 4.79 Å². The molecule has 0 aliphatic carbocycles. The third-order valence-corrected chi connectivity index (χ3v) is 3.80. The summed E-state index contributed by atoms with van der Waals surface area (Å²) in [5, 5.41) is 11.3. The molecular weight excluding hydrogens is 252 g/mol. The molecule has 20 heavy (non-hydrogen) atoms. The van der Waals surface area contributed by atoms with Crippen molar-refractivity contribution in [3.05, 3.63) is 17.8 Å². The Morgan fingerprint density at radius 2 is 2.20 bits per heavy atom. The van der Waals surface area contributed by atoms with Gasteiger partial charge in [-0.25, -0.2) is 0 Å². The maximum absolute atomic E-state index is 12.5. The third kappa shape index (κ3) is 3.46. The fourth-order valence-electron chi connectivity index (χ4n) is 2.63. The summed E-state index contributed by atoms with van der Waals surface area (Å²) in [7, 11) is 0. The van der Waals surface area contributed by atoms with E-state index >= 15 is 0 Å². The minimum Gasteiger partial charge on any atom is -0.369 e. The van der Waals surface area contributed by atoms with Gasteiger partial charge in [0, 0.05) is 19.1 Å². The minimum absolute atomic E-state index is 0.0195. The molecule has 2 rings (SSSR count). The molecule has 0 spiro atoms. The number of rotatable bonds is 5. The number of piperidine rings is 1. The molecule has 0 bridgehead atoms. The third-order valence-electron chi connectivity index (χ3n) is 3.80. The molecule has 1 unspecified atom stereocenters. The molecule has 1 aliphatic rings. The van der Waals surface area contributed by atoms with E-state index in [-0.39, 0.29) is 5.91 Å². The van der Waals surface area contributed by atoms with Gasteiger partial charge in [0.05, 0.1) is 0 Å². The number of nitrogens with zero attached hydrogens (tertiary/aromatic N) is 3. The first kappa shape index (κ1) is 14.8. The van der Waals surface area contributed by atoms with E-state index in [2.05, 4.69) is 29.4 Å². The molecule has 1 amide bonds. The van der Waals surface area contributed by atoms with Crippen LogP contribution in [0.3, 0.4) is 0 Å². The van der Waals surface area contributed by atoms with Crippen LogP contribution < -0.4 is 5.32 Å². The Bertz CT molecular complexity index is 432. The SMILES string of the molecule is CCCNc1ccc(C(=O)N2CCCCC2CC)nn1. The Morgan fingerprint density at radius 3 is 2.85 bits per heavy atom. The quantitative estimate of drug-likeness (QED) is 0.898. The highest BCUT2D eigenvalue weighted by atomic mass is 16.2. The van der Waals surface area contributed by atoms with Crippen molar-refractivity contribution >= 4 is 11.7 Å². The molecule has 0 saturated carbocycles. The van der Waals surface area contributed by atoms with Crippen LogP contribution in [-0.4, -0.2) is 40.1 Å². The second-order valence-electron chi connectivity index (χ2n) is 5.29. The van der Waals surface area contributed by atoms with E-state index in [4.69, 9.17) is 0 Å². The highest BCUT2D eigenvalue weighted by Gasteiger charge is 2.27. The summed E-state index contributed by atoms with van der Waals surface area (Å²) in [5.74, 6) is 0.750. The number of hydrogen-bond acceptors (Lipinski definition) is 4. The van der Waals surface area contributed by atoms with Gasteiger partial charge in [-0.1, -0.05) is 13.8 Å². The first-order chi connectivity index (χ1) is 9.76. The maximum atomic E-state index is 12.5. The van der Waals surface area contributed by atoms with E-state index in [1.54, 1.807) is 6.07 Å². The van der Waals surface area contributed by atoms with Crippen LogP contribution in [0.1, 0.15) is 56.4 Å². The zero-order chi connectivity index (χ0) is 14.4. The normalized spacial score (nSPS) is 18.9. The van der Waals surface area contributed by atoms with Crippen molar-refractivity contribution in [3.63, 3.8) is 0 Å². The monoisotopic (exact) mass is 276 g/mol. The predicted octanol–water partition coefficient (Wildman–Crippen LogP) is 2.70. The lowest BCUT2D eigenvalue weighted by Gasteiger charge is -2.34. The summed E-state index contributed by atoms with van der Waals surface area (Å²) in [4.78, 5) is 14.5. The Labute approximate surface area is 120 Å². The summed E-state index contributed by atoms with van der Waals surface area (Å²) >= 11 is 0. The van der Waals surface area contributed by atoms with Crippen LogP contribution in [0.25, 0.3) is 0 Å². The Balaban J connectivity index is 2.04. The van der Waals surface area contributed by atoms with Gasteiger partial charge >= 0.3 is 0 Å². The van der Waals surface area contributed by atoms with Crippen LogP contribution >= 0.6 is 0 Å². The average molecular weight is 276 g/mol. The van der Waals surface area contributed by atoms with Crippen molar-refractivity contribution in [2.75, 3.05) is 18.4 Å². The Hall–Kier alpha value is -1.65. The smallest absolute Gasteiger partial charge is 0.274 e. The number of carbonyl (C=O) groups excluding carboxylic acids is 1. The van der Waals surface area contributed by atoms with Crippen molar-refractivity contribution in [1.82, 2.24) is 15.1 Å². The predicted molar refractivity (Wildman–Crippen MR) is 79.8 cm³/mol. The second kappa shape index (κ2) is 7.22. The highest BCUT2D eigenvalue weighted by molar-refractivity contribution is 5.92. The molecule has 1 aliphatic heterocycles. The fraction of sp³-hybridized carbons (Fsp3) is 0.667. The number of amides is 1. The van der Waals surface area contributed by atoms with Gasteiger partial charge in [0.15, 0.2) is 5.69 Å². The lowest BCUT2D eigenvalue weighted by Crippen LogP contribution is -2.43. The zero-order valence-electron chi connectivity index (χ0n) is 12.4. The van der Waals surface area contributed by atoms with Gasteiger partial charge in [0.1, 0.15) is 5.82 Å². The largest absolute Gasteiger partial charge is 0.369 e. The summed E-state index contributed by atoms with van der Waals surface area (Å²) in [5.41, 5.74) is 0.451. The second-order valence-corrected chi connectivity index (χ2v) is 5.29. The van der Waals surface area contributed by atoms with Crippen LogP contribution in [0, 0.1) is 0 Å². The van der Waals surface area contributed by atoms with Crippen LogP contribution in [0.2, 0.25) is 0 Å². The van der Waals surface area contributed by atoms with Gasteiger partial charge in [-0.15, -0.1) is 10.2 Å². The van der Waals surface area contributed by atoms with E-state index < -0.39 is 0 Å². The maximum Gasteiger partial charge on any atom is 0.274 e. The lowest BCUT2D eigenvalue weighted by atomic mass is 9.99. The van der Waals surface area contributed by atoms with E-state index in [0.717, 1.165) is 44.6 Å². The van der Waals surface area contributed by atoms with Crippen molar-refractivity contribution in [1.29, 1.82) is 0 Å². The molecule has 1 fully saturated rings. The molecule has 5 nitrogen and oxygen atoms in total.